The van der Waals surface area contributed by atoms with Crippen LogP contribution in [-0.2, 0) is 0 Å². The fraction of sp³-hybridized carbons (Fsp3) is 0.167. The van der Waals surface area contributed by atoms with Crippen molar-refractivity contribution in [2.24, 2.45) is 0 Å². The molecule has 6 nitrogen and oxygen atoms in total. The third-order valence-electron chi connectivity index (χ3n) is 3.69. The molecule has 6 heteroatoms. The molecule has 0 atom stereocenters. The number of anilines is 5. The van der Waals surface area contributed by atoms with Crippen LogP contribution in [0.25, 0.3) is 0 Å². The molecule has 2 heterocycles. The highest BCUT2D eigenvalue weighted by molar-refractivity contribution is 5.80. The number of pyridine rings is 1. The molecule has 0 saturated heterocycles. The van der Waals surface area contributed by atoms with Crippen LogP contribution < -0.4 is 16.4 Å². The van der Waals surface area contributed by atoms with Crippen LogP contribution in [0.5, 0.6) is 0 Å². The third-order valence-corrected chi connectivity index (χ3v) is 3.69. The average Bonchev–Trinajstić information content (AvgIpc) is 2.56. The highest BCUT2D eigenvalue weighted by Gasteiger charge is 2.10. The standard InChI is InChI=1S/C18H20N6/c1-11-4-6-13(3)14(8-11)23-17-16(19)18(22-10-21-17)24-15-7-5-12(2)9-20-15/h4-10H,19H2,1-3H3,(H2,20,21,22,23,24). The maximum Gasteiger partial charge on any atom is 0.160 e. The van der Waals surface area contributed by atoms with Crippen LogP contribution >= 0.6 is 0 Å². The Labute approximate surface area is 141 Å². The normalized spacial score (nSPS) is 10.5. The molecule has 0 radical (unpaired) electrons. The third kappa shape index (κ3) is 3.43. The van der Waals surface area contributed by atoms with Crippen molar-refractivity contribution < 1.29 is 0 Å². The first kappa shape index (κ1) is 15.7. The maximum atomic E-state index is 6.22. The molecule has 4 N–H and O–H groups in total. The summed E-state index contributed by atoms with van der Waals surface area (Å²) in [6.45, 7) is 6.07. The molecule has 2 aromatic heterocycles. The largest absolute Gasteiger partial charge is 0.393 e. The van der Waals surface area contributed by atoms with Gasteiger partial charge in [0.15, 0.2) is 11.6 Å². The van der Waals surface area contributed by atoms with Gasteiger partial charge < -0.3 is 16.4 Å². The Morgan fingerprint density at radius 1 is 0.833 bits per heavy atom. The molecule has 0 saturated carbocycles. The fourth-order valence-corrected chi connectivity index (χ4v) is 2.26. The summed E-state index contributed by atoms with van der Waals surface area (Å²) in [5.74, 6) is 1.77. The zero-order valence-corrected chi connectivity index (χ0v) is 14.0. The quantitative estimate of drug-likeness (QED) is 0.676. The smallest absolute Gasteiger partial charge is 0.160 e. The number of nitrogens with zero attached hydrogens (tertiary/aromatic N) is 3. The van der Waals surface area contributed by atoms with Gasteiger partial charge in [0.1, 0.15) is 17.8 Å². The lowest BCUT2D eigenvalue weighted by Gasteiger charge is -2.14. The molecule has 0 aliphatic carbocycles. The molecule has 3 rings (SSSR count). The van der Waals surface area contributed by atoms with Crippen LogP contribution in [-0.4, -0.2) is 15.0 Å². The van der Waals surface area contributed by atoms with Crippen molar-refractivity contribution in [3.05, 3.63) is 59.5 Å². The molecule has 0 aliphatic rings. The number of hydrogen-bond acceptors (Lipinski definition) is 6. The van der Waals surface area contributed by atoms with Gasteiger partial charge in [-0.1, -0.05) is 18.2 Å². The van der Waals surface area contributed by atoms with E-state index in [1.165, 1.54) is 6.33 Å². The summed E-state index contributed by atoms with van der Waals surface area (Å²) >= 11 is 0. The van der Waals surface area contributed by atoms with Crippen molar-refractivity contribution in [3.63, 3.8) is 0 Å². The molecule has 0 unspecified atom stereocenters. The Kier molecular flexibility index (Phi) is 4.29. The summed E-state index contributed by atoms with van der Waals surface area (Å²) in [6, 6.07) is 10.0. The summed E-state index contributed by atoms with van der Waals surface area (Å²) in [7, 11) is 0. The minimum atomic E-state index is 0.445. The van der Waals surface area contributed by atoms with Crippen LogP contribution in [0.3, 0.4) is 0 Å². The van der Waals surface area contributed by atoms with Crippen molar-refractivity contribution in [2.45, 2.75) is 20.8 Å². The molecular weight excluding hydrogens is 300 g/mol. The molecule has 24 heavy (non-hydrogen) atoms. The Balaban J connectivity index is 1.88. The van der Waals surface area contributed by atoms with Crippen molar-refractivity contribution in [2.75, 3.05) is 16.4 Å². The van der Waals surface area contributed by atoms with Gasteiger partial charge in [0.25, 0.3) is 0 Å². The monoisotopic (exact) mass is 320 g/mol. The van der Waals surface area contributed by atoms with Gasteiger partial charge in [-0.2, -0.15) is 0 Å². The van der Waals surface area contributed by atoms with Crippen LogP contribution in [0, 0.1) is 20.8 Å². The second kappa shape index (κ2) is 6.54. The molecule has 3 aromatic rings. The van der Waals surface area contributed by atoms with Gasteiger partial charge in [0, 0.05) is 11.9 Å². The predicted molar refractivity (Wildman–Crippen MR) is 97.9 cm³/mol. The number of nitrogen functional groups attached to an aromatic ring is 1. The van der Waals surface area contributed by atoms with E-state index in [1.54, 1.807) is 6.20 Å². The first-order chi connectivity index (χ1) is 11.5. The SMILES string of the molecule is Cc1ccc(Nc2ncnc(Nc3cc(C)ccc3C)c2N)nc1. The van der Waals surface area contributed by atoms with E-state index in [4.69, 9.17) is 5.73 Å². The number of nitrogens with two attached hydrogens (primary N) is 1. The van der Waals surface area contributed by atoms with E-state index in [0.29, 0.717) is 23.1 Å². The molecule has 0 aliphatic heterocycles. The number of benzene rings is 1. The Hall–Kier alpha value is -3.15. The average molecular weight is 320 g/mol. The lowest BCUT2D eigenvalue weighted by atomic mass is 10.1. The first-order valence-electron chi connectivity index (χ1n) is 7.67. The Bertz CT molecular complexity index is 858. The zero-order chi connectivity index (χ0) is 17.1. The van der Waals surface area contributed by atoms with Crippen molar-refractivity contribution >= 4 is 28.8 Å². The van der Waals surface area contributed by atoms with Crippen LogP contribution in [0.15, 0.2) is 42.9 Å². The lowest BCUT2D eigenvalue weighted by molar-refractivity contribution is 1.16. The van der Waals surface area contributed by atoms with E-state index in [1.807, 2.05) is 32.9 Å². The molecule has 0 bridgehead atoms. The summed E-state index contributed by atoms with van der Waals surface area (Å²) in [4.78, 5) is 12.8. The number of nitrogens with one attached hydrogen (secondary N) is 2. The maximum absolute atomic E-state index is 6.22. The van der Waals surface area contributed by atoms with E-state index < -0.39 is 0 Å². The second-order valence-electron chi connectivity index (χ2n) is 5.77. The predicted octanol–water partition coefficient (Wildman–Crippen LogP) is 3.87. The van der Waals surface area contributed by atoms with Crippen molar-refractivity contribution in [1.82, 2.24) is 15.0 Å². The van der Waals surface area contributed by atoms with Crippen molar-refractivity contribution in [3.8, 4) is 0 Å². The van der Waals surface area contributed by atoms with Gasteiger partial charge in [-0.05, 0) is 49.6 Å². The highest BCUT2D eigenvalue weighted by Crippen LogP contribution is 2.29. The summed E-state index contributed by atoms with van der Waals surface area (Å²) < 4.78 is 0. The van der Waals surface area contributed by atoms with Gasteiger partial charge >= 0.3 is 0 Å². The minimum Gasteiger partial charge on any atom is -0.393 e. The second-order valence-corrected chi connectivity index (χ2v) is 5.77. The van der Waals surface area contributed by atoms with E-state index in [-0.39, 0.29) is 0 Å². The molecule has 0 spiro atoms. The fourth-order valence-electron chi connectivity index (χ4n) is 2.26. The summed E-state index contributed by atoms with van der Waals surface area (Å²) in [6.07, 6.45) is 3.26. The van der Waals surface area contributed by atoms with Crippen LogP contribution in [0.4, 0.5) is 28.8 Å². The lowest BCUT2D eigenvalue weighted by Crippen LogP contribution is -2.06. The number of hydrogen-bond donors (Lipinski definition) is 3. The number of aromatic nitrogens is 3. The molecule has 0 fully saturated rings. The Morgan fingerprint density at radius 3 is 2.25 bits per heavy atom. The van der Waals surface area contributed by atoms with Gasteiger partial charge in [-0.15, -0.1) is 0 Å². The topological polar surface area (TPSA) is 88.8 Å². The van der Waals surface area contributed by atoms with E-state index >= 15 is 0 Å². The van der Waals surface area contributed by atoms with E-state index in [2.05, 4.69) is 43.8 Å². The minimum absolute atomic E-state index is 0.445. The highest BCUT2D eigenvalue weighted by atomic mass is 15.1. The first-order valence-corrected chi connectivity index (χ1v) is 7.67. The summed E-state index contributed by atoms with van der Waals surface area (Å²) in [5, 5.41) is 6.40. The van der Waals surface area contributed by atoms with E-state index in [9.17, 15) is 0 Å². The van der Waals surface area contributed by atoms with Gasteiger partial charge in [0.2, 0.25) is 0 Å². The van der Waals surface area contributed by atoms with Crippen LogP contribution in [0.2, 0.25) is 0 Å². The van der Waals surface area contributed by atoms with Gasteiger partial charge in [0.05, 0.1) is 0 Å². The zero-order valence-electron chi connectivity index (χ0n) is 14.0. The molecule has 0 amide bonds. The van der Waals surface area contributed by atoms with Gasteiger partial charge in [-0.3, -0.25) is 0 Å². The molecule has 1 aromatic carbocycles. The number of rotatable bonds is 4. The Morgan fingerprint density at radius 2 is 1.54 bits per heavy atom. The van der Waals surface area contributed by atoms with Crippen LogP contribution in [0.1, 0.15) is 16.7 Å². The van der Waals surface area contributed by atoms with Gasteiger partial charge in [-0.25, -0.2) is 15.0 Å². The molecular formula is C18H20N6. The van der Waals surface area contributed by atoms with Crippen molar-refractivity contribution in [1.29, 1.82) is 0 Å². The number of aryl methyl sites for hydroxylation is 3. The molecule has 122 valence electrons. The van der Waals surface area contributed by atoms with E-state index in [0.717, 1.165) is 22.4 Å². The summed E-state index contributed by atoms with van der Waals surface area (Å²) in [5.41, 5.74) is 11.0.